The maximum absolute atomic E-state index is 4.46. The molecule has 1 aromatic rings. The molecule has 1 aromatic heterocycles. The van der Waals surface area contributed by atoms with Crippen molar-refractivity contribution in [3.05, 3.63) is 23.8 Å². The van der Waals surface area contributed by atoms with E-state index in [9.17, 15) is 0 Å². The number of rotatable bonds is 8. The Morgan fingerprint density at radius 1 is 1.17 bits per heavy atom. The molecule has 1 atom stereocenters. The van der Waals surface area contributed by atoms with Crippen molar-refractivity contribution in [3.63, 3.8) is 0 Å². The van der Waals surface area contributed by atoms with Gasteiger partial charge >= 0.3 is 0 Å². The van der Waals surface area contributed by atoms with Crippen LogP contribution in [0.25, 0.3) is 0 Å². The maximum atomic E-state index is 4.46. The number of hydrogen-bond donors (Lipinski definition) is 1. The second kappa shape index (κ2) is 8.20. The van der Waals surface area contributed by atoms with Crippen molar-refractivity contribution in [2.45, 2.75) is 59.4 Å². The normalized spacial score (nSPS) is 12.9. The van der Waals surface area contributed by atoms with Crippen LogP contribution in [0.2, 0.25) is 0 Å². The van der Waals surface area contributed by atoms with E-state index in [0.717, 1.165) is 36.7 Å². The highest BCUT2D eigenvalue weighted by atomic mass is 15.0. The van der Waals surface area contributed by atoms with Crippen LogP contribution in [0.1, 0.15) is 63.9 Å². The molecule has 1 unspecified atom stereocenters. The summed E-state index contributed by atoms with van der Waals surface area (Å²) in [6, 6.07) is 0.310. The molecule has 1 heterocycles. The highest BCUT2D eigenvalue weighted by Crippen LogP contribution is 2.18. The van der Waals surface area contributed by atoms with Crippen LogP contribution in [-0.4, -0.2) is 16.5 Å². The summed E-state index contributed by atoms with van der Waals surface area (Å²) in [5, 5.41) is 3.55. The number of nitrogens with zero attached hydrogens (tertiary/aromatic N) is 2. The van der Waals surface area contributed by atoms with Crippen molar-refractivity contribution in [1.29, 1.82) is 0 Å². The fourth-order valence-electron chi connectivity index (χ4n) is 1.95. The van der Waals surface area contributed by atoms with Crippen LogP contribution in [0.15, 0.2) is 12.4 Å². The Balaban J connectivity index is 2.56. The van der Waals surface area contributed by atoms with Gasteiger partial charge in [0.15, 0.2) is 0 Å². The molecule has 0 aliphatic carbocycles. The number of aryl methyl sites for hydroxylation is 1. The lowest BCUT2D eigenvalue weighted by atomic mass is 10.0. The van der Waals surface area contributed by atoms with Gasteiger partial charge in [0.2, 0.25) is 0 Å². The summed E-state index contributed by atoms with van der Waals surface area (Å²) >= 11 is 0. The molecule has 1 N–H and O–H groups in total. The first-order valence-corrected chi connectivity index (χ1v) is 7.15. The van der Waals surface area contributed by atoms with E-state index in [1.165, 1.54) is 12.8 Å². The Kier molecular flexibility index (Phi) is 6.88. The second-order valence-electron chi connectivity index (χ2n) is 5.45. The molecular weight excluding hydrogens is 222 g/mol. The second-order valence-corrected chi connectivity index (χ2v) is 5.45. The summed E-state index contributed by atoms with van der Waals surface area (Å²) < 4.78 is 0. The zero-order chi connectivity index (χ0) is 13.4. The van der Waals surface area contributed by atoms with Crippen molar-refractivity contribution in [3.8, 4) is 0 Å². The molecule has 18 heavy (non-hydrogen) atoms. The van der Waals surface area contributed by atoms with Crippen LogP contribution in [0.3, 0.4) is 0 Å². The van der Waals surface area contributed by atoms with Crippen molar-refractivity contribution in [1.82, 2.24) is 15.3 Å². The summed E-state index contributed by atoms with van der Waals surface area (Å²) in [6.45, 7) is 9.79. The molecule has 0 bridgehead atoms. The molecular formula is C15H27N3. The van der Waals surface area contributed by atoms with Crippen molar-refractivity contribution in [2.24, 2.45) is 5.92 Å². The maximum Gasteiger partial charge on any atom is 0.145 e. The Morgan fingerprint density at radius 2 is 1.83 bits per heavy atom. The van der Waals surface area contributed by atoms with Crippen molar-refractivity contribution in [2.75, 3.05) is 6.54 Å². The minimum atomic E-state index is 0.310. The average Bonchev–Trinajstić information content (AvgIpc) is 2.34. The average molecular weight is 249 g/mol. The third-order valence-corrected chi connectivity index (χ3v) is 3.03. The molecule has 0 saturated heterocycles. The third-order valence-electron chi connectivity index (χ3n) is 3.03. The predicted molar refractivity (Wildman–Crippen MR) is 76.5 cm³/mol. The molecule has 0 amide bonds. The summed E-state index contributed by atoms with van der Waals surface area (Å²) in [6.07, 6.45) is 8.59. The fraction of sp³-hybridized carbons (Fsp3) is 0.733. The van der Waals surface area contributed by atoms with Gasteiger partial charge in [0, 0.05) is 12.4 Å². The first-order valence-electron chi connectivity index (χ1n) is 7.15. The van der Waals surface area contributed by atoms with Gasteiger partial charge in [0.25, 0.3) is 0 Å². The SMILES string of the molecule is CCCNC(CCCC(C)C)c1ncc(C)cn1. The predicted octanol–water partition coefficient (Wildman–Crippen LogP) is 3.65. The van der Waals surface area contributed by atoms with Crippen molar-refractivity contribution < 1.29 is 0 Å². The van der Waals surface area contributed by atoms with E-state index in [2.05, 4.69) is 36.1 Å². The Labute approximate surface area is 111 Å². The minimum absolute atomic E-state index is 0.310. The molecule has 0 aliphatic heterocycles. The van der Waals surface area contributed by atoms with Gasteiger partial charge in [-0.1, -0.05) is 33.6 Å². The van der Waals surface area contributed by atoms with Crippen LogP contribution < -0.4 is 5.32 Å². The first kappa shape index (κ1) is 15.1. The van der Waals surface area contributed by atoms with Gasteiger partial charge in [-0.2, -0.15) is 0 Å². The van der Waals surface area contributed by atoms with Gasteiger partial charge < -0.3 is 5.32 Å². The zero-order valence-corrected chi connectivity index (χ0v) is 12.2. The van der Waals surface area contributed by atoms with Gasteiger partial charge in [0.1, 0.15) is 5.82 Å². The minimum Gasteiger partial charge on any atom is -0.307 e. The third kappa shape index (κ3) is 5.58. The van der Waals surface area contributed by atoms with E-state index in [0.29, 0.717) is 6.04 Å². The Bertz CT molecular complexity index is 319. The summed E-state index contributed by atoms with van der Waals surface area (Å²) in [4.78, 5) is 8.91. The molecule has 1 rings (SSSR count). The molecule has 0 spiro atoms. The van der Waals surface area contributed by atoms with Crippen LogP contribution in [0.5, 0.6) is 0 Å². The summed E-state index contributed by atoms with van der Waals surface area (Å²) in [5.41, 5.74) is 1.12. The van der Waals surface area contributed by atoms with E-state index in [1.807, 2.05) is 19.3 Å². The van der Waals surface area contributed by atoms with Gasteiger partial charge in [-0.05, 0) is 37.8 Å². The lowest BCUT2D eigenvalue weighted by Crippen LogP contribution is -2.24. The fourth-order valence-corrected chi connectivity index (χ4v) is 1.95. The molecule has 0 aromatic carbocycles. The van der Waals surface area contributed by atoms with Gasteiger partial charge in [-0.3, -0.25) is 0 Å². The van der Waals surface area contributed by atoms with E-state index >= 15 is 0 Å². The number of hydrogen-bond acceptors (Lipinski definition) is 3. The van der Waals surface area contributed by atoms with Crippen LogP contribution >= 0.6 is 0 Å². The lowest BCUT2D eigenvalue weighted by molar-refractivity contribution is 0.433. The highest BCUT2D eigenvalue weighted by molar-refractivity contribution is 5.04. The molecule has 0 saturated carbocycles. The highest BCUT2D eigenvalue weighted by Gasteiger charge is 2.13. The van der Waals surface area contributed by atoms with Gasteiger partial charge in [-0.25, -0.2) is 9.97 Å². The summed E-state index contributed by atoms with van der Waals surface area (Å²) in [7, 11) is 0. The molecule has 3 nitrogen and oxygen atoms in total. The van der Waals surface area contributed by atoms with E-state index in [-0.39, 0.29) is 0 Å². The van der Waals surface area contributed by atoms with E-state index in [4.69, 9.17) is 0 Å². The van der Waals surface area contributed by atoms with Crippen LogP contribution in [0.4, 0.5) is 0 Å². The standard InChI is InChI=1S/C15H27N3/c1-5-9-16-14(8-6-7-12(2)3)15-17-10-13(4)11-18-15/h10-12,14,16H,5-9H2,1-4H3. The molecule has 0 fully saturated rings. The Hall–Kier alpha value is -0.960. The number of nitrogens with one attached hydrogen (secondary N) is 1. The molecule has 0 radical (unpaired) electrons. The monoisotopic (exact) mass is 249 g/mol. The van der Waals surface area contributed by atoms with E-state index < -0.39 is 0 Å². The van der Waals surface area contributed by atoms with Gasteiger partial charge in [0.05, 0.1) is 6.04 Å². The van der Waals surface area contributed by atoms with Gasteiger partial charge in [-0.15, -0.1) is 0 Å². The van der Waals surface area contributed by atoms with Crippen LogP contribution in [0, 0.1) is 12.8 Å². The Morgan fingerprint density at radius 3 is 2.39 bits per heavy atom. The molecule has 0 aliphatic rings. The smallest absolute Gasteiger partial charge is 0.145 e. The topological polar surface area (TPSA) is 37.8 Å². The quantitative estimate of drug-likeness (QED) is 0.764. The van der Waals surface area contributed by atoms with Crippen LogP contribution in [-0.2, 0) is 0 Å². The van der Waals surface area contributed by atoms with Crippen molar-refractivity contribution >= 4 is 0 Å². The van der Waals surface area contributed by atoms with E-state index in [1.54, 1.807) is 0 Å². The first-order chi connectivity index (χ1) is 8.63. The largest absolute Gasteiger partial charge is 0.307 e. The molecule has 3 heteroatoms. The summed E-state index contributed by atoms with van der Waals surface area (Å²) in [5.74, 6) is 1.72. The lowest BCUT2D eigenvalue weighted by Gasteiger charge is -2.17. The molecule has 102 valence electrons. The zero-order valence-electron chi connectivity index (χ0n) is 12.2. The number of aromatic nitrogens is 2.